The monoisotopic (exact) mass is 277 g/mol. The first-order valence-electron chi connectivity index (χ1n) is 6.42. The molecule has 7 heteroatoms. The van der Waals surface area contributed by atoms with Crippen molar-refractivity contribution < 1.29 is 14.5 Å². The number of rotatable bonds is 3. The van der Waals surface area contributed by atoms with Crippen LogP contribution in [0.4, 0.5) is 5.69 Å². The number of carbonyl (C=O) groups excluding carboxylic acids is 2. The maximum Gasteiger partial charge on any atom is 0.270 e. The van der Waals surface area contributed by atoms with Crippen molar-refractivity contribution in [2.75, 3.05) is 0 Å². The number of non-ortho nitro benzene ring substituents is 1. The van der Waals surface area contributed by atoms with E-state index in [4.69, 9.17) is 0 Å². The molecule has 1 aliphatic rings. The van der Waals surface area contributed by atoms with Crippen LogP contribution in [0, 0.1) is 16.0 Å². The lowest BCUT2D eigenvalue weighted by Crippen LogP contribution is -2.44. The standard InChI is InChI=1S/C13H15N3O4/c17-12(9-4-1-2-5-9)14-15-13(18)10-6-3-7-11(8-10)16(19)20/h3,6-9H,1-2,4-5H2,(H,14,17)(H,15,18). The molecule has 2 N–H and O–H groups in total. The summed E-state index contributed by atoms with van der Waals surface area (Å²) in [5.74, 6) is -0.832. The summed E-state index contributed by atoms with van der Waals surface area (Å²) in [6.07, 6.45) is 3.71. The topological polar surface area (TPSA) is 101 Å². The summed E-state index contributed by atoms with van der Waals surface area (Å²) >= 11 is 0. The Bertz CT molecular complexity index is 538. The van der Waals surface area contributed by atoms with Gasteiger partial charge in [-0.05, 0) is 18.9 Å². The number of nitro benzene ring substituents is 1. The molecule has 7 nitrogen and oxygen atoms in total. The molecule has 0 unspecified atom stereocenters. The Hall–Kier alpha value is -2.44. The molecular formula is C13H15N3O4. The third kappa shape index (κ3) is 3.31. The highest BCUT2D eigenvalue weighted by molar-refractivity contribution is 5.96. The van der Waals surface area contributed by atoms with Gasteiger partial charge < -0.3 is 0 Å². The van der Waals surface area contributed by atoms with Gasteiger partial charge in [-0.3, -0.25) is 30.6 Å². The number of nitrogens with one attached hydrogen (secondary N) is 2. The minimum absolute atomic E-state index is 0.0552. The van der Waals surface area contributed by atoms with Gasteiger partial charge in [-0.1, -0.05) is 18.9 Å². The van der Waals surface area contributed by atoms with E-state index in [1.807, 2.05) is 0 Å². The Balaban J connectivity index is 1.92. The molecule has 0 radical (unpaired) electrons. The lowest BCUT2D eigenvalue weighted by molar-refractivity contribution is -0.384. The van der Waals surface area contributed by atoms with Crippen molar-refractivity contribution >= 4 is 17.5 Å². The van der Waals surface area contributed by atoms with Crippen LogP contribution in [0.15, 0.2) is 24.3 Å². The van der Waals surface area contributed by atoms with Gasteiger partial charge in [0.05, 0.1) is 4.92 Å². The summed E-state index contributed by atoms with van der Waals surface area (Å²) in [6.45, 7) is 0. The van der Waals surface area contributed by atoms with Crippen LogP contribution >= 0.6 is 0 Å². The highest BCUT2D eigenvalue weighted by Crippen LogP contribution is 2.24. The number of benzene rings is 1. The van der Waals surface area contributed by atoms with Gasteiger partial charge in [0.25, 0.3) is 11.6 Å². The molecule has 1 fully saturated rings. The van der Waals surface area contributed by atoms with Crippen molar-refractivity contribution in [3.63, 3.8) is 0 Å². The van der Waals surface area contributed by atoms with Gasteiger partial charge >= 0.3 is 0 Å². The van der Waals surface area contributed by atoms with Gasteiger partial charge in [0.2, 0.25) is 5.91 Å². The van der Waals surface area contributed by atoms with E-state index in [9.17, 15) is 19.7 Å². The highest BCUT2D eigenvalue weighted by Gasteiger charge is 2.23. The molecule has 2 rings (SSSR count). The van der Waals surface area contributed by atoms with Gasteiger partial charge in [0.1, 0.15) is 0 Å². The first-order valence-corrected chi connectivity index (χ1v) is 6.42. The number of nitrogens with zero attached hydrogens (tertiary/aromatic N) is 1. The Labute approximate surface area is 115 Å². The van der Waals surface area contributed by atoms with E-state index >= 15 is 0 Å². The smallest absolute Gasteiger partial charge is 0.270 e. The first kappa shape index (κ1) is 14.0. The molecular weight excluding hydrogens is 262 g/mol. The van der Waals surface area contributed by atoms with Crippen molar-refractivity contribution in [3.05, 3.63) is 39.9 Å². The fraction of sp³-hybridized carbons (Fsp3) is 0.385. The first-order chi connectivity index (χ1) is 9.58. The predicted octanol–water partition coefficient (Wildman–Crippen LogP) is 1.55. The van der Waals surface area contributed by atoms with Crippen LogP contribution in [-0.4, -0.2) is 16.7 Å². The summed E-state index contributed by atoms with van der Waals surface area (Å²) in [7, 11) is 0. The van der Waals surface area contributed by atoms with Crippen LogP contribution in [0.3, 0.4) is 0 Å². The van der Waals surface area contributed by atoms with Crippen molar-refractivity contribution in [2.24, 2.45) is 5.92 Å². The van der Waals surface area contributed by atoms with Gasteiger partial charge in [0.15, 0.2) is 0 Å². The van der Waals surface area contributed by atoms with Crippen molar-refractivity contribution in [1.29, 1.82) is 0 Å². The van der Waals surface area contributed by atoms with Crippen molar-refractivity contribution in [2.45, 2.75) is 25.7 Å². The molecule has 1 saturated carbocycles. The van der Waals surface area contributed by atoms with E-state index in [-0.39, 0.29) is 23.1 Å². The molecule has 0 heterocycles. The van der Waals surface area contributed by atoms with Gasteiger partial charge in [-0.2, -0.15) is 0 Å². The van der Waals surface area contributed by atoms with E-state index < -0.39 is 10.8 Å². The Morgan fingerprint density at radius 2 is 1.90 bits per heavy atom. The van der Waals surface area contributed by atoms with Crippen LogP contribution < -0.4 is 10.9 Å². The molecule has 0 saturated heterocycles. The zero-order valence-electron chi connectivity index (χ0n) is 10.8. The quantitative estimate of drug-likeness (QED) is 0.646. The molecule has 1 aromatic carbocycles. The normalized spacial score (nSPS) is 14.8. The molecule has 0 aromatic heterocycles. The van der Waals surface area contributed by atoms with E-state index in [0.717, 1.165) is 31.7 Å². The number of amides is 2. The van der Waals surface area contributed by atoms with Crippen LogP contribution in [-0.2, 0) is 4.79 Å². The zero-order valence-corrected chi connectivity index (χ0v) is 10.8. The zero-order chi connectivity index (χ0) is 14.5. The number of hydrogen-bond donors (Lipinski definition) is 2. The lowest BCUT2D eigenvalue weighted by Gasteiger charge is -2.11. The molecule has 0 bridgehead atoms. The molecule has 0 spiro atoms. The Morgan fingerprint density at radius 3 is 2.55 bits per heavy atom. The third-order valence-corrected chi connectivity index (χ3v) is 3.34. The summed E-state index contributed by atoms with van der Waals surface area (Å²) in [4.78, 5) is 33.6. The van der Waals surface area contributed by atoms with E-state index in [0.29, 0.717) is 0 Å². The Morgan fingerprint density at radius 1 is 1.20 bits per heavy atom. The number of hydrazine groups is 1. The highest BCUT2D eigenvalue weighted by atomic mass is 16.6. The van der Waals surface area contributed by atoms with Crippen LogP contribution in [0.1, 0.15) is 36.0 Å². The molecule has 1 aliphatic carbocycles. The number of carbonyl (C=O) groups is 2. The summed E-state index contributed by atoms with van der Waals surface area (Å²) in [6, 6.07) is 5.33. The largest absolute Gasteiger partial charge is 0.273 e. The molecule has 0 atom stereocenters. The predicted molar refractivity (Wildman–Crippen MR) is 70.7 cm³/mol. The van der Waals surface area contributed by atoms with Crippen molar-refractivity contribution in [1.82, 2.24) is 10.9 Å². The number of nitro groups is 1. The molecule has 0 aliphatic heterocycles. The van der Waals surface area contributed by atoms with E-state index in [1.165, 1.54) is 18.2 Å². The van der Waals surface area contributed by atoms with E-state index in [1.54, 1.807) is 0 Å². The van der Waals surface area contributed by atoms with Crippen molar-refractivity contribution in [3.8, 4) is 0 Å². The molecule has 1 aromatic rings. The van der Waals surface area contributed by atoms with Gasteiger partial charge in [0, 0.05) is 23.6 Å². The summed E-state index contributed by atoms with van der Waals surface area (Å²) in [5.41, 5.74) is 4.61. The van der Waals surface area contributed by atoms with Crippen LogP contribution in [0.2, 0.25) is 0 Å². The average Bonchev–Trinajstić information content (AvgIpc) is 2.98. The maximum absolute atomic E-state index is 11.8. The maximum atomic E-state index is 11.8. The van der Waals surface area contributed by atoms with Gasteiger partial charge in [-0.25, -0.2) is 0 Å². The van der Waals surface area contributed by atoms with Crippen LogP contribution in [0.25, 0.3) is 0 Å². The third-order valence-electron chi connectivity index (χ3n) is 3.34. The molecule has 20 heavy (non-hydrogen) atoms. The molecule has 106 valence electrons. The SMILES string of the molecule is O=C(NNC(=O)C1CCCC1)c1cccc([N+](=O)[O-])c1. The second kappa shape index (κ2) is 6.14. The second-order valence-electron chi connectivity index (χ2n) is 4.73. The summed E-state index contributed by atoms with van der Waals surface area (Å²) in [5, 5.41) is 10.6. The van der Waals surface area contributed by atoms with Gasteiger partial charge in [-0.15, -0.1) is 0 Å². The molecule has 2 amide bonds. The van der Waals surface area contributed by atoms with E-state index in [2.05, 4.69) is 10.9 Å². The minimum atomic E-state index is -0.576. The summed E-state index contributed by atoms with van der Waals surface area (Å²) < 4.78 is 0. The number of hydrogen-bond acceptors (Lipinski definition) is 4. The lowest BCUT2D eigenvalue weighted by atomic mass is 10.1. The average molecular weight is 277 g/mol. The fourth-order valence-electron chi connectivity index (χ4n) is 2.24. The fourth-order valence-corrected chi connectivity index (χ4v) is 2.24. The minimum Gasteiger partial charge on any atom is -0.273 e. The second-order valence-corrected chi connectivity index (χ2v) is 4.73. The Kier molecular flexibility index (Phi) is 4.29. The van der Waals surface area contributed by atoms with Crippen LogP contribution in [0.5, 0.6) is 0 Å².